The summed E-state index contributed by atoms with van der Waals surface area (Å²) in [5.74, 6) is 0.601. The van der Waals surface area contributed by atoms with Crippen LogP contribution in [0.1, 0.15) is 23.1 Å². The normalized spacial score (nSPS) is 15.7. The molecular formula is C19H17BrN2O. The number of rotatable bonds is 4. The predicted octanol–water partition coefficient (Wildman–Crippen LogP) is 4.26. The zero-order valence-electron chi connectivity index (χ0n) is 12.8. The Kier molecular flexibility index (Phi) is 4.72. The highest BCUT2D eigenvalue weighted by molar-refractivity contribution is 9.10. The Morgan fingerprint density at radius 3 is 2.74 bits per heavy atom. The quantitative estimate of drug-likeness (QED) is 0.804. The molecule has 0 atom stereocenters. The SMILES string of the molecule is Cc1ccccc1CCC1=N/C(=C/c2cccc(Br)c2)C(=O)N1. The molecule has 3 rings (SSSR count). The number of halogens is 1. The average Bonchev–Trinajstić information content (AvgIpc) is 2.87. The minimum Gasteiger partial charge on any atom is -0.309 e. The summed E-state index contributed by atoms with van der Waals surface area (Å²) >= 11 is 3.43. The van der Waals surface area contributed by atoms with E-state index in [4.69, 9.17) is 0 Å². The third kappa shape index (κ3) is 3.96. The standard InChI is InChI=1S/C19H17BrN2O/c1-13-5-2-3-7-15(13)9-10-18-21-17(19(23)22-18)12-14-6-4-8-16(20)11-14/h2-8,11-12H,9-10H2,1H3,(H,21,22,23)/b17-12+. The first-order chi connectivity index (χ1) is 11.1. The van der Waals surface area contributed by atoms with E-state index in [1.807, 2.05) is 36.4 Å². The van der Waals surface area contributed by atoms with Gasteiger partial charge in [0.25, 0.3) is 5.91 Å². The van der Waals surface area contributed by atoms with Gasteiger partial charge in [0.15, 0.2) is 0 Å². The van der Waals surface area contributed by atoms with Gasteiger partial charge in [-0.05, 0) is 48.2 Å². The summed E-state index contributed by atoms with van der Waals surface area (Å²) in [6.07, 6.45) is 3.41. The van der Waals surface area contributed by atoms with Crippen molar-refractivity contribution in [2.24, 2.45) is 4.99 Å². The summed E-state index contributed by atoms with van der Waals surface area (Å²) in [5.41, 5.74) is 3.97. The van der Waals surface area contributed by atoms with Crippen molar-refractivity contribution in [2.45, 2.75) is 19.8 Å². The molecule has 0 unspecified atom stereocenters. The number of nitrogens with one attached hydrogen (secondary N) is 1. The maximum Gasteiger partial charge on any atom is 0.275 e. The second-order valence-electron chi connectivity index (χ2n) is 5.52. The lowest BCUT2D eigenvalue weighted by atomic mass is 10.0. The van der Waals surface area contributed by atoms with E-state index in [2.05, 4.69) is 45.3 Å². The van der Waals surface area contributed by atoms with Crippen LogP contribution in [0, 0.1) is 6.92 Å². The Hall–Kier alpha value is -2.20. The molecule has 0 radical (unpaired) electrons. The summed E-state index contributed by atoms with van der Waals surface area (Å²) in [6, 6.07) is 16.1. The van der Waals surface area contributed by atoms with Gasteiger partial charge in [-0.1, -0.05) is 52.3 Å². The molecule has 1 aliphatic rings. The lowest BCUT2D eigenvalue weighted by Gasteiger charge is -2.04. The number of nitrogens with zero attached hydrogens (tertiary/aromatic N) is 1. The van der Waals surface area contributed by atoms with Crippen molar-refractivity contribution in [1.82, 2.24) is 5.32 Å². The number of carbonyl (C=O) groups is 1. The number of hydrogen-bond donors (Lipinski definition) is 1. The fourth-order valence-corrected chi connectivity index (χ4v) is 2.95. The monoisotopic (exact) mass is 368 g/mol. The number of benzene rings is 2. The highest BCUT2D eigenvalue weighted by Crippen LogP contribution is 2.18. The van der Waals surface area contributed by atoms with Crippen LogP contribution in [0.2, 0.25) is 0 Å². The van der Waals surface area contributed by atoms with Crippen molar-refractivity contribution in [3.8, 4) is 0 Å². The summed E-state index contributed by atoms with van der Waals surface area (Å²) < 4.78 is 0.981. The molecule has 23 heavy (non-hydrogen) atoms. The molecule has 1 aliphatic heterocycles. The van der Waals surface area contributed by atoms with Crippen LogP contribution < -0.4 is 5.32 Å². The number of amides is 1. The zero-order valence-corrected chi connectivity index (χ0v) is 14.4. The van der Waals surface area contributed by atoms with Crippen LogP contribution >= 0.6 is 15.9 Å². The molecule has 1 N–H and O–H groups in total. The molecule has 0 saturated heterocycles. The van der Waals surface area contributed by atoms with Crippen LogP contribution in [-0.4, -0.2) is 11.7 Å². The van der Waals surface area contributed by atoms with E-state index < -0.39 is 0 Å². The Balaban J connectivity index is 1.73. The van der Waals surface area contributed by atoms with Gasteiger partial charge in [0.2, 0.25) is 0 Å². The molecular weight excluding hydrogens is 352 g/mol. The minimum absolute atomic E-state index is 0.134. The van der Waals surface area contributed by atoms with Gasteiger partial charge >= 0.3 is 0 Å². The molecule has 0 fully saturated rings. The van der Waals surface area contributed by atoms with Gasteiger partial charge in [0.1, 0.15) is 11.5 Å². The highest BCUT2D eigenvalue weighted by atomic mass is 79.9. The molecule has 0 spiro atoms. The largest absolute Gasteiger partial charge is 0.309 e. The van der Waals surface area contributed by atoms with Crippen LogP contribution in [-0.2, 0) is 11.2 Å². The van der Waals surface area contributed by atoms with Crippen molar-refractivity contribution < 1.29 is 4.79 Å². The van der Waals surface area contributed by atoms with E-state index >= 15 is 0 Å². The van der Waals surface area contributed by atoms with Crippen LogP contribution in [0.25, 0.3) is 6.08 Å². The molecule has 1 heterocycles. The van der Waals surface area contributed by atoms with Crippen LogP contribution in [0.15, 0.2) is 63.7 Å². The maximum atomic E-state index is 12.0. The fraction of sp³-hybridized carbons (Fsp3) is 0.158. The number of hydrogen-bond acceptors (Lipinski definition) is 2. The summed E-state index contributed by atoms with van der Waals surface area (Å²) in [5, 5.41) is 2.86. The molecule has 2 aromatic carbocycles. The van der Waals surface area contributed by atoms with E-state index in [1.165, 1.54) is 11.1 Å². The first-order valence-electron chi connectivity index (χ1n) is 7.52. The molecule has 0 saturated carbocycles. The molecule has 1 amide bonds. The molecule has 0 aromatic heterocycles. The van der Waals surface area contributed by atoms with Gasteiger partial charge in [-0.25, -0.2) is 4.99 Å². The average molecular weight is 369 g/mol. The van der Waals surface area contributed by atoms with Crippen LogP contribution in [0.5, 0.6) is 0 Å². The van der Waals surface area contributed by atoms with Crippen LogP contribution in [0.4, 0.5) is 0 Å². The number of aliphatic imine (C=N–C) groups is 1. The van der Waals surface area contributed by atoms with Gasteiger partial charge in [0, 0.05) is 10.9 Å². The second-order valence-corrected chi connectivity index (χ2v) is 6.44. The molecule has 4 heteroatoms. The highest BCUT2D eigenvalue weighted by Gasteiger charge is 2.19. The fourth-order valence-electron chi connectivity index (χ4n) is 2.53. The van der Waals surface area contributed by atoms with Gasteiger partial charge in [0.05, 0.1) is 0 Å². The number of amidine groups is 1. The van der Waals surface area contributed by atoms with Gasteiger partial charge in [-0.3, -0.25) is 4.79 Å². The third-order valence-electron chi connectivity index (χ3n) is 3.79. The summed E-state index contributed by atoms with van der Waals surface area (Å²) in [7, 11) is 0. The van der Waals surface area contributed by atoms with Gasteiger partial charge in [-0.2, -0.15) is 0 Å². The smallest absolute Gasteiger partial charge is 0.275 e. The minimum atomic E-state index is -0.134. The molecule has 0 bridgehead atoms. The van der Waals surface area contributed by atoms with Crippen molar-refractivity contribution in [3.05, 3.63) is 75.4 Å². The number of aryl methyl sites for hydroxylation is 2. The van der Waals surface area contributed by atoms with E-state index in [1.54, 1.807) is 6.08 Å². The second kappa shape index (κ2) is 6.92. The summed E-state index contributed by atoms with van der Waals surface area (Å²) in [6.45, 7) is 2.10. The molecule has 2 aromatic rings. The van der Waals surface area contributed by atoms with Gasteiger partial charge < -0.3 is 5.32 Å². The Morgan fingerprint density at radius 2 is 1.96 bits per heavy atom. The van der Waals surface area contributed by atoms with Crippen molar-refractivity contribution in [2.75, 3.05) is 0 Å². The van der Waals surface area contributed by atoms with E-state index in [0.29, 0.717) is 5.70 Å². The molecule has 3 nitrogen and oxygen atoms in total. The number of carbonyl (C=O) groups excluding carboxylic acids is 1. The van der Waals surface area contributed by atoms with E-state index in [-0.39, 0.29) is 5.91 Å². The van der Waals surface area contributed by atoms with Gasteiger partial charge in [-0.15, -0.1) is 0 Å². The third-order valence-corrected chi connectivity index (χ3v) is 4.28. The first kappa shape index (κ1) is 15.7. The Bertz CT molecular complexity index is 809. The zero-order chi connectivity index (χ0) is 16.2. The Labute approximate surface area is 144 Å². The van der Waals surface area contributed by atoms with Crippen LogP contribution in [0.3, 0.4) is 0 Å². The molecule has 116 valence electrons. The maximum absolute atomic E-state index is 12.0. The molecule has 0 aliphatic carbocycles. The Morgan fingerprint density at radius 1 is 1.13 bits per heavy atom. The lowest BCUT2D eigenvalue weighted by molar-refractivity contribution is -0.115. The van der Waals surface area contributed by atoms with E-state index in [9.17, 15) is 4.79 Å². The van der Waals surface area contributed by atoms with Crippen molar-refractivity contribution in [1.29, 1.82) is 0 Å². The van der Waals surface area contributed by atoms with E-state index in [0.717, 1.165) is 28.7 Å². The van der Waals surface area contributed by atoms with Crippen molar-refractivity contribution >= 4 is 33.7 Å². The lowest BCUT2D eigenvalue weighted by Crippen LogP contribution is -2.24. The predicted molar refractivity (Wildman–Crippen MR) is 97.2 cm³/mol. The first-order valence-corrected chi connectivity index (χ1v) is 8.32. The van der Waals surface area contributed by atoms with Crippen molar-refractivity contribution in [3.63, 3.8) is 0 Å². The topological polar surface area (TPSA) is 41.5 Å². The summed E-state index contributed by atoms with van der Waals surface area (Å²) in [4.78, 5) is 16.5.